The van der Waals surface area contributed by atoms with Crippen LogP contribution < -0.4 is 0 Å². The van der Waals surface area contributed by atoms with Crippen LogP contribution in [0.5, 0.6) is 0 Å². The molecule has 0 radical (unpaired) electrons. The molecule has 7 saturated heterocycles. The van der Waals surface area contributed by atoms with E-state index in [9.17, 15) is 28.0 Å². The fourth-order valence-electron chi connectivity index (χ4n) is 15.8. The number of hydrogen-bond donors (Lipinski definition) is 0. The molecule has 0 amide bonds. The van der Waals surface area contributed by atoms with Crippen molar-refractivity contribution in [3.05, 3.63) is 215 Å². The Kier molecular flexibility index (Phi) is 32.4. The Bertz CT molecular complexity index is 3300. The zero-order chi connectivity index (χ0) is 71.1. The highest BCUT2D eigenvalue weighted by Crippen LogP contribution is 2.31. The Labute approximate surface area is 608 Å². The van der Waals surface area contributed by atoms with E-state index in [2.05, 4.69) is 56.0 Å². The number of likely N-dealkylation sites (N-methyl/N-ethyl adjacent to an activating group) is 1. The molecule has 0 spiro atoms. The highest BCUT2D eigenvalue weighted by atomic mass is 19.1. The van der Waals surface area contributed by atoms with Gasteiger partial charge in [0.1, 0.15) is 11.6 Å². The third-order valence-electron chi connectivity index (χ3n) is 22.3. The number of piperidine rings is 4. The smallest absolute Gasteiger partial charge is 0.164 e. The minimum Gasteiger partial charge on any atom is -0.383 e. The second kappa shape index (κ2) is 42.4. The first-order valence-electron chi connectivity index (χ1n) is 38.5. The number of piperazine rings is 3. The molecule has 102 heavy (non-hydrogen) atoms. The van der Waals surface area contributed by atoms with Gasteiger partial charge in [-0.25, -0.2) is 8.78 Å². The molecule has 7 fully saturated rings. The number of carbonyl (C=O) groups excluding carboxylic acids is 4. The molecule has 550 valence electrons. The topological polar surface area (TPSA) is 110 Å². The number of hydrogen-bond acceptors (Lipinski definition) is 15. The summed E-state index contributed by atoms with van der Waals surface area (Å²) in [4.78, 5) is 74.0. The molecule has 15 nitrogen and oxygen atoms in total. The maximum Gasteiger partial charge on any atom is 0.164 e. The van der Waals surface area contributed by atoms with Crippen LogP contribution in [-0.4, -0.2) is 275 Å². The highest BCUT2D eigenvalue weighted by Gasteiger charge is 2.33. The van der Waals surface area contributed by atoms with E-state index in [0.717, 1.165) is 169 Å². The summed E-state index contributed by atoms with van der Waals surface area (Å²) in [5.74, 6) is 0.424. The van der Waals surface area contributed by atoms with Crippen molar-refractivity contribution < 1.29 is 32.7 Å². The minimum atomic E-state index is -0.269. The summed E-state index contributed by atoms with van der Waals surface area (Å²) < 4.78 is 32.0. The Hall–Kier alpha value is -6.58. The number of rotatable bonds is 25. The molecular weight excluding hydrogens is 1280 g/mol. The molecule has 6 aromatic carbocycles. The summed E-state index contributed by atoms with van der Waals surface area (Å²) in [5, 5.41) is 0. The summed E-state index contributed by atoms with van der Waals surface area (Å²) in [6.07, 6.45) is 14.4. The number of methoxy groups -OCH3 is 1. The minimum absolute atomic E-state index is 0.0608. The maximum absolute atomic E-state index is 13.5. The summed E-state index contributed by atoms with van der Waals surface area (Å²) in [7, 11) is 3.98. The summed E-state index contributed by atoms with van der Waals surface area (Å²) in [5.41, 5.74) is 5.26. The number of benzene rings is 6. The van der Waals surface area contributed by atoms with Crippen molar-refractivity contribution in [1.29, 1.82) is 0 Å². The van der Waals surface area contributed by atoms with Gasteiger partial charge in [-0.2, -0.15) is 0 Å². The molecule has 7 heterocycles. The zero-order valence-corrected chi connectivity index (χ0v) is 61.3. The van der Waals surface area contributed by atoms with Gasteiger partial charge in [0.2, 0.25) is 0 Å². The first kappa shape index (κ1) is 78.0. The van der Waals surface area contributed by atoms with E-state index in [1.807, 2.05) is 121 Å². The van der Waals surface area contributed by atoms with Crippen LogP contribution in [0, 0.1) is 11.6 Å². The van der Waals surface area contributed by atoms with Gasteiger partial charge in [0.25, 0.3) is 0 Å². The second-order valence-electron chi connectivity index (χ2n) is 29.1. The lowest BCUT2D eigenvalue weighted by Crippen LogP contribution is -2.54. The Balaban J connectivity index is 0.000000149. The monoisotopic (exact) mass is 1390 g/mol. The van der Waals surface area contributed by atoms with Gasteiger partial charge in [-0.15, -0.1) is 0 Å². The van der Waals surface area contributed by atoms with Crippen LogP contribution >= 0.6 is 0 Å². The van der Waals surface area contributed by atoms with E-state index in [1.54, 1.807) is 31.4 Å². The Morgan fingerprint density at radius 1 is 0.343 bits per heavy atom. The average molecular weight is 1400 g/mol. The van der Waals surface area contributed by atoms with Gasteiger partial charge in [0.15, 0.2) is 23.1 Å². The molecule has 7 aliphatic heterocycles. The van der Waals surface area contributed by atoms with E-state index in [4.69, 9.17) is 4.74 Å². The van der Waals surface area contributed by atoms with E-state index < -0.39 is 0 Å². The van der Waals surface area contributed by atoms with Crippen molar-refractivity contribution in [2.24, 2.45) is 0 Å². The lowest BCUT2D eigenvalue weighted by Gasteiger charge is -2.45. The van der Waals surface area contributed by atoms with E-state index >= 15 is 0 Å². The van der Waals surface area contributed by atoms with Crippen LogP contribution in [0.15, 0.2) is 170 Å². The van der Waals surface area contributed by atoms with Crippen LogP contribution in [0.1, 0.15) is 142 Å². The maximum atomic E-state index is 13.5. The second-order valence-corrected chi connectivity index (χ2v) is 29.1. The fourth-order valence-corrected chi connectivity index (χ4v) is 15.8. The molecule has 0 aliphatic carbocycles. The molecule has 13 rings (SSSR count). The molecule has 0 aromatic heterocycles. The summed E-state index contributed by atoms with van der Waals surface area (Å²) in [6.45, 7) is 27.5. The molecule has 0 saturated carbocycles. The molecule has 17 heteroatoms. The van der Waals surface area contributed by atoms with Gasteiger partial charge in [-0.3, -0.25) is 33.9 Å². The molecule has 0 N–H and O–H groups in total. The van der Waals surface area contributed by atoms with Gasteiger partial charge >= 0.3 is 0 Å². The van der Waals surface area contributed by atoms with Crippen molar-refractivity contribution >= 4 is 23.1 Å². The molecule has 0 bridgehead atoms. The van der Waals surface area contributed by atoms with Crippen molar-refractivity contribution in [2.45, 2.75) is 108 Å². The molecule has 0 unspecified atom stereocenters. The highest BCUT2D eigenvalue weighted by molar-refractivity contribution is 5.97. The number of halogens is 2. The van der Waals surface area contributed by atoms with Gasteiger partial charge in [0.05, 0.1) is 12.6 Å². The molecule has 6 aromatic rings. The zero-order valence-electron chi connectivity index (χ0n) is 61.3. The van der Waals surface area contributed by atoms with Gasteiger partial charge in [0, 0.05) is 184 Å². The number of nitrogens with zero attached hydrogens (tertiary/aromatic N) is 10. The number of ketones is 4. The van der Waals surface area contributed by atoms with Crippen molar-refractivity contribution in [3.8, 4) is 0 Å². The van der Waals surface area contributed by atoms with Crippen LogP contribution in [0.2, 0.25) is 0 Å². The van der Waals surface area contributed by atoms with E-state index in [0.29, 0.717) is 25.7 Å². The number of carbonyl (C=O) groups is 4. The van der Waals surface area contributed by atoms with Crippen LogP contribution in [0.4, 0.5) is 8.78 Å². The predicted molar refractivity (Wildman–Crippen MR) is 407 cm³/mol. The summed E-state index contributed by atoms with van der Waals surface area (Å²) >= 11 is 0. The van der Waals surface area contributed by atoms with Crippen molar-refractivity contribution in [2.75, 3.05) is 184 Å². The van der Waals surface area contributed by atoms with Crippen molar-refractivity contribution in [3.63, 3.8) is 0 Å². The van der Waals surface area contributed by atoms with Crippen LogP contribution in [0.3, 0.4) is 0 Å². The number of Topliss-reactive ketones (excluding diaryl/α,β-unsaturated/α-hetero) is 4. The lowest BCUT2D eigenvalue weighted by atomic mass is 9.96. The summed E-state index contributed by atoms with van der Waals surface area (Å²) in [6, 6.07) is 53.8. The average Bonchev–Trinajstić information content (AvgIpc) is 0.817. The quantitative estimate of drug-likeness (QED) is 0.0507. The van der Waals surface area contributed by atoms with E-state index in [1.165, 1.54) is 134 Å². The first-order valence-corrected chi connectivity index (χ1v) is 38.5. The SMILES string of the molecule is CN1CCN(C2CCN(C3CCN(CCC(=O)c4ccccc4)CC3)CC2)CC1.COCCN1CCN(CCC(=O)c2ccccc2)CC1.O=C(CCN1CCC(N2CCCCC2)CC1)c1ccccc1.O=C(CCN1CCN(C(c2ccc(F)cc2)c2ccc(F)cc2)CC1)c1ccccc1. The predicted octanol–water partition coefficient (Wildman–Crippen LogP) is 12.1. The normalized spacial score (nSPS) is 19.8. The van der Waals surface area contributed by atoms with Gasteiger partial charge in [-0.1, -0.05) is 152 Å². The fraction of sp³-hybridized carbons (Fsp3) is 0.529. The largest absolute Gasteiger partial charge is 0.383 e. The van der Waals surface area contributed by atoms with Gasteiger partial charge < -0.3 is 39.0 Å². The lowest BCUT2D eigenvalue weighted by molar-refractivity contribution is 0.0376. The standard InChI is InChI=1S/C26H26F2N2O.C24H38N4O.C19H28N2O.C16H24N2O2/c27-23-10-6-21(7-11-23)26(22-8-12-24(28)13-9-22)30-18-16-29(17-19-30)15-14-25(31)20-4-2-1-3-5-20;1-25-17-19-28(20-18-25)23-9-15-27(16-10-23)22-7-12-26(13-8-22)14-11-24(29)21-5-3-2-4-6-21;22-19(17-7-3-1-4-8-17)11-16-20-14-9-18(10-15-20)21-12-5-2-6-13-21;1-20-14-13-18-11-9-17(10-12-18)8-7-16(19)15-5-3-2-4-6-15/h1-13,26H,14-19H2;2-6,22-23H,7-20H2,1H3;1,3-4,7-8,18H,2,5-6,9-16H2;2-6H,7-14H2,1H3. The Morgan fingerprint density at radius 2 is 0.637 bits per heavy atom. The third kappa shape index (κ3) is 25.3. The number of likely N-dealkylation sites (tertiary alicyclic amines) is 4. The third-order valence-corrected chi connectivity index (χ3v) is 22.3. The molecule has 0 atom stereocenters. The van der Waals surface area contributed by atoms with Crippen LogP contribution in [0.25, 0.3) is 0 Å². The Morgan fingerprint density at radius 3 is 0.980 bits per heavy atom. The van der Waals surface area contributed by atoms with Gasteiger partial charge in [-0.05, 0) is 146 Å². The van der Waals surface area contributed by atoms with Crippen molar-refractivity contribution in [1.82, 2.24) is 49.0 Å². The molecule has 7 aliphatic rings. The number of ether oxygens (including phenoxy) is 1. The van der Waals surface area contributed by atoms with Crippen LogP contribution in [-0.2, 0) is 4.74 Å². The van der Waals surface area contributed by atoms with E-state index in [-0.39, 0.29) is 40.8 Å². The first-order chi connectivity index (χ1) is 49.9. The molecular formula is C85H116F2N10O5.